The van der Waals surface area contributed by atoms with Crippen molar-refractivity contribution in [1.29, 1.82) is 0 Å². The highest BCUT2D eigenvalue weighted by Crippen LogP contribution is 2.15. The van der Waals surface area contributed by atoms with Crippen molar-refractivity contribution >= 4 is 11.8 Å². The second-order valence-corrected chi connectivity index (χ2v) is 4.88. The lowest BCUT2D eigenvalue weighted by Crippen LogP contribution is -2.08. The Hall–Kier alpha value is -2.56. The number of anilines is 1. The lowest BCUT2D eigenvalue weighted by Gasteiger charge is -2.09. The van der Waals surface area contributed by atoms with Gasteiger partial charge in [0.05, 0.1) is 6.61 Å². The van der Waals surface area contributed by atoms with Crippen LogP contribution in [-0.2, 0) is 11.2 Å². The standard InChI is InChI=1S/C17H20N2O3/c20-17(21)9-8-14-5-3-6-15(13-14)22-12-4-11-19-16-7-1-2-10-18-16/h1-3,5-7,10,13H,4,8-9,11-12H2,(H,18,19)(H,20,21). The minimum atomic E-state index is -0.785. The normalized spacial score (nSPS) is 10.2. The summed E-state index contributed by atoms with van der Waals surface area (Å²) in [7, 11) is 0. The summed E-state index contributed by atoms with van der Waals surface area (Å²) in [5, 5.41) is 11.9. The number of aryl methyl sites for hydroxylation is 1. The highest BCUT2D eigenvalue weighted by Gasteiger charge is 2.01. The highest BCUT2D eigenvalue weighted by atomic mass is 16.5. The monoisotopic (exact) mass is 300 g/mol. The second-order valence-electron chi connectivity index (χ2n) is 4.88. The SMILES string of the molecule is O=C(O)CCc1cccc(OCCCNc2ccccn2)c1. The number of carbonyl (C=O) groups is 1. The number of ether oxygens (including phenoxy) is 1. The molecule has 0 spiro atoms. The third-order valence-corrected chi connectivity index (χ3v) is 3.09. The van der Waals surface area contributed by atoms with Gasteiger partial charge in [-0.1, -0.05) is 18.2 Å². The number of rotatable bonds is 9. The molecule has 0 fully saturated rings. The molecule has 1 aromatic carbocycles. The van der Waals surface area contributed by atoms with Gasteiger partial charge in [-0.15, -0.1) is 0 Å². The molecule has 0 atom stereocenters. The Morgan fingerprint density at radius 1 is 1.23 bits per heavy atom. The van der Waals surface area contributed by atoms with Crippen LogP contribution in [0.2, 0.25) is 0 Å². The summed E-state index contributed by atoms with van der Waals surface area (Å²) in [6, 6.07) is 13.3. The third kappa shape index (κ3) is 5.83. The van der Waals surface area contributed by atoms with Gasteiger partial charge < -0.3 is 15.2 Å². The molecule has 2 aromatic rings. The van der Waals surface area contributed by atoms with E-state index in [9.17, 15) is 4.79 Å². The summed E-state index contributed by atoms with van der Waals surface area (Å²) in [4.78, 5) is 14.8. The zero-order valence-corrected chi connectivity index (χ0v) is 12.4. The van der Waals surface area contributed by atoms with E-state index in [2.05, 4.69) is 10.3 Å². The maximum Gasteiger partial charge on any atom is 0.303 e. The van der Waals surface area contributed by atoms with Gasteiger partial charge in [-0.3, -0.25) is 4.79 Å². The fourth-order valence-electron chi connectivity index (χ4n) is 1.99. The number of aliphatic carboxylic acids is 1. The molecule has 116 valence electrons. The van der Waals surface area contributed by atoms with Gasteiger partial charge in [0.1, 0.15) is 11.6 Å². The minimum absolute atomic E-state index is 0.136. The Balaban J connectivity index is 1.68. The van der Waals surface area contributed by atoms with Crippen molar-refractivity contribution in [2.75, 3.05) is 18.5 Å². The van der Waals surface area contributed by atoms with Crippen molar-refractivity contribution in [3.63, 3.8) is 0 Å². The zero-order chi connectivity index (χ0) is 15.6. The molecule has 0 saturated carbocycles. The molecule has 0 radical (unpaired) electrons. The molecule has 2 rings (SSSR count). The van der Waals surface area contributed by atoms with Crippen molar-refractivity contribution in [2.45, 2.75) is 19.3 Å². The van der Waals surface area contributed by atoms with Crippen LogP contribution in [0, 0.1) is 0 Å². The number of carboxylic acid groups (broad SMARTS) is 1. The molecule has 0 bridgehead atoms. The van der Waals surface area contributed by atoms with Crippen LogP contribution in [0.4, 0.5) is 5.82 Å². The van der Waals surface area contributed by atoms with Crippen LogP contribution < -0.4 is 10.1 Å². The maximum atomic E-state index is 10.6. The third-order valence-electron chi connectivity index (χ3n) is 3.09. The van der Waals surface area contributed by atoms with Crippen LogP contribution in [0.3, 0.4) is 0 Å². The Morgan fingerprint density at radius 3 is 2.91 bits per heavy atom. The Morgan fingerprint density at radius 2 is 2.14 bits per heavy atom. The van der Waals surface area contributed by atoms with Gasteiger partial charge in [0.15, 0.2) is 0 Å². The van der Waals surface area contributed by atoms with Crippen LogP contribution in [0.5, 0.6) is 5.75 Å². The van der Waals surface area contributed by atoms with E-state index in [0.29, 0.717) is 13.0 Å². The Kier molecular flexibility index (Phi) is 6.23. The Bertz CT molecular complexity index is 587. The zero-order valence-electron chi connectivity index (χ0n) is 12.4. The number of benzene rings is 1. The first-order valence-electron chi connectivity index (χ1n) is 7.32. The number of nitrogens with one attached hydrogen (secondary N) is 1. The van der Waals surface area contributed by atoms with Crippen LogP contribution in [-0.4, -0.2) is 29.2 Å². The molecule has 5 nitrogen and oxygen atoms in total. The summed E-state index contributed by atoms with van der Waals surface area (Å²) >= 11 is 0. The quantitative estimate of drug-likeness (QED) is 0.697. The number of hydrogen-bond acceptors (Lipinski definition) is 4. The van der Waals surface area contributed by atoms with Gasteiger partial charge in [0, 0.05) is 19.2 Å². The van der Waals surface area contributed by atoms with E-state index in [-0.39, 0.29) is 6.42 Å². The van der Waals surface area contributed by atoms with Gasteiger partial charge >= 0.3 is 5.97 Å². The van der Waals surface area contributed by atoms with E-state index < -0.39 is 5.97 Å². The van der Waals surface area contributed by atoms with E-state index in [1.54, 1.807) is 6.20 Å². The molecule has 22 heavy (non-hydrogen) atoms. The van der Waals surface area contributed by atoms with Gasteiger partial charge in [-0.05, 0) is 42.7 Å². The van der Waals surface area contributed by atoms with Gasteiger partial charge in [-0.25, -0.2) is 4.98 Å². The molecule has 1 heterocycles. The topological polar surface area (TPSA) is 71.5 Å². The average Bonchev–Trinajstić information content (AvgIpc) is 2.54. The first-order valence-corrected chi connectivity index (χ1v) is 7.32. The van der Waals surface area contributed by atoms with E-state index in [0.717, 1.165) is 30.1 Å². The number of carboxylic acids is 1. The summed E-state index contributed by atoms with van der Waals surface area (Å²) in [5.74, 6) is 0.853. The van der Waals surface area contributed by atoms with Crippen LogP contribution in [0.25, 0.3) is 0 Å². The number of nitrogens with zero attached hydrogens (tertiary/aromatic N) is 1. The maximum absolute atomic E-state index is 10.6. The van der Waals surface area contributed by atoms with Gasteiger partial charge in [-0.2, -0.15) is 0 Å². The summed E-state index contributed by atoms with van der Waals surface area (Å²) in [5.41, 5.74) is 0.978. The molecular weight excluding hydrogens is 280 g/mol. The van der Waals surface area contributed by atoms with E-state index in [1.165, 1.54) is 0 Å². The van der Waals surface area contributed by atoms with Gasteiger partial charge in [0.25, 0.3) is 0 Å². The Labute approximate surface area is 130 Å². The molecule has 0 aliphatic heterocycles. The van der Waals surface area contributed by atoms with E-state index in [1.807, 2.05) is 42.5 Å². The molecule has 0 aliphatic rings. The van der Waals surface area contributed by atoms with Crippen LogP contribution in [0.15, 0.2) is 48.7 Å². The van der Waals surface area contributed by atoms with Crippen molar-refractivity contribution < 1.29 is 14.6 Å². The summed E-state index contributed by atoms with van der Waals surface area (Å²) < 4.78 is 5.68. The summed E-state index contributed by atoms with van der Waals surface area (Å²) in [6.07, 6.45) is 3.27. The minimum Gasteiger partial charge on any atom is -0.494 e. The molecular formula is C17H20N2O3. The largest absolute Gasteiger partial charge is 0.494 e. The molecule has 1 aromatic heterocycles. The first kappa shape index (κ1) is 15.8. The lowest BCUT2D eigenvalue weighted by atomic mass is 10.1. The molecule has 0 unspecified atom stereocenters. The van der Waals surface area contributed by atoms with Crippen molar-refractivity contribution in [3.05, 3.63) is 54.2 Å². The average molecular weight is 300 g/mol. The number of pyridine rings is 1. The van der Waals surface area contributed by atoms with Gasteiger partial charge in [0.2, 0.25) is 0 Å². The second kappa shape index (κ2) is 8.67. The van der Waals surface area contributed by atoms with Crippen LogP contribution >= 0.6 is 0 Å². The lowest BCUT2D eigenvalue weighted by molar-refractivity contribution is -0.136. The van der Waals surface area contributed by atoms with E-state index in [4.69, 9.17) is 9.84 Å². The fraction of sp³-hybridized carbons (Fsp3) is 0.294. The predicted molar refractivity (Wildman–Crippen MR) is 85.2 cm³/mol. The van der Waals surface area contributed by atoms with Crippen molar-refractivity contribution in [1.82, 2.24) is 4.98 Å². The molecule has 0 amide bonds. The highest BCUT2D eigenvalue weighted by molar-refractivity contribution is 5.67. The van der Waals surface area contributed by atoms with Crippen molar-refractivity contribution in [3.8, 4) is 5.75 Å². The van der Waals surface area contributed by atoms with E-state index >= 15 is 0 Å². The number of hydrogen-bond donors (Lipinski definition) is 2. The molecule has 0 saturated heterocycles. The predicted octanol–water partition coefficient (Wildman–Crippen LogP) is 2.98. The smallest absolute Gasteiger partial charge is 0.303 e. The molecule has 0 aliphatic carbocycles. The fourth-order valence-corrected chi connectivity index (χ4v) is 1.99. The number of aromatic nitrogens is 1. The molecule has 5 heteroatoms. The molecule has 2 N–H and O–H groups in total. The van der Waals surface area contributed by atoms with Crippen molar-refractivity contribution in [2.24, 2.45) is 0 Å². The first-order chi connectivity index (χ1) is 10.7. The summed E-state index contributed by atoms with van der Waals surface area (Å²) in [6.45, 7) is 1.39. The van der Waals surface area contributed by atoms with Crippen LogP contribution in [0.1, 0.15) is 18.4 Å².